The van der Waals surface area contributed by atoms with Crippen molar-refractivity contribution in [2.75, 3.05) is 27.9 Å². The third-order valence-electron chi connectivity index (χ3n) is 4.69. The van der Waals surface area contributed by atoms with Gasteiger partial charge < -0.3 is 28.3 Å². The molecule has 1 aromatic heterocycles. The number of carbonyl (C=O) groups is 2. The van der Waals surface area contributed by atoms with Crippen molar-refractivity contribution >= 4 is 11.9 Å². The number of benzene rings is 2. The number of furan rings is 1. The molecular weight excluding hydrogens is 433 g/mol. The SMILES string of the molecule is COC(=O)CN(Cc1cc(OC)cc(OC)c1)C(=O)c1ccc(COc2ccc(F)cc2)o1. The number of carbonyl (C=O) groups excluding carboxylic acids is 2. The van der Waals surface area contributed by atoms with Crippen LogP contribution >= 0.6 is 0 Å². The minimum Gasteiger partial charge on any atom is -0.497 e. The molecule has 1 heterocycles. The molecule has 0 fully saturated rings. The van der Waals surface area contributed by atoms with Gasteiger partial charge in [-0.3, -0.25) is 9.59 Å². The molecule has 0 aliphatic carbocycles. The molecule has 33 heavy (non-hydrogen) atoms. The molecule has 0 aliphatic heterocycles. The Kier molecular flexibility index (Phi) is 7.91. The maximum atomic E-state index is 13.1. The number of halogens is 1. The average Bonchev–Trinajstić information content (AvgIpc) is 3.31. The van der Waals surface area contributed by atoms with Gasteiger partial charge in [0.15, 0.2) is 5.76 Å². The minimum atomic E-state index is -0.579. The summed E-state index contributed by atoms with van der Waals surface area (Å²) in [6.45, 7) is -0.149. The van der Waals surface area contributed by atoms with Gasteiger partial charge in [0.2, 0.25) is 0 Å². The topological polar surface area (TPSA) is 87.4 Å². The first-order valence-electron chi connectivity index (χ1n) is 9.97. The second-order valence-electron chi connectivity index (χ2n) is 6.97. The molecule has 0 atom stereocenters. The Labute approximate surface area is 190 Å². The Morgan fingerprint density at radius 2 is 1.58 bits per heavy atom. The van der Waals surface area contributed by atoms with Gasteiger partial charge in [-0.05, 0) is 54.1 Å². The fourth-order valence-electron chi connectivity index (χ4n) is 3.01. The summed E-state index contributed by atoms with van der Waals surface area (Å²) in [4.78, 5) is 26.3. The minimum absolute atomic E-state index is 0.0338. The van der Waals surface area contributed by atoms with E-state index in [0.29, 0.717) is 28.6 Å². The van der Waals surface area contributed by atoms with E-state index in [1.165, 1.54) is 56.6 Å². The maximum absolute atomic E-state index is 13.1. The van der Waals surface area contributed by atoms with Crippen LogP contribution in [-0.2, 0) is 22.7 Å². The Morgan fingerprint density at radius 1 is 0.909 bits per heavy atom. The number of nitrogens with zero attached hydrogens (tertiary/aromatic N) is 1. The highest BCUT2D eigenvalue weighted by Gasteiger charge is 2.23. The van der Waals surface area contributed by atoms with Crippen molar-refractivity contribution in [2.45, 2.75) is 13.2 Å². The van der Waals surface area contributed by atoms with Gasteiger partial charge in [-0.15, -0.1) is 0 Å². The van der Waals surface area contributed by atoms with E-state index in [0.717, 1.165) is 0 Å². The van der Waals surface area contributed by atoms with E-state index in [1.807, 2.05) is 0 Å². The smallest absolute Gasteiger partial charge is 0.325 e. The van der Waals surface area contributed by atoms with Crippen LogP contribution in [-0.4, -0.2) is 44.7 Å². The summed E-state index contributed by atoms with van der Waals surface area (Å²) in [6.07, 6.45) is 0. The van der Waals surface area contributed by atoms with E-state index >= 15 is 0 Å². The number of rotatable bonds is 10. The first-order valence-corrected chi connectivity index (χ1v) is 9.97. The highest BCUT2D eigenvalue weighted by molar-refractivity contribution is 5.93. The molecular formula is C24H24FNO7. The molecule has 3 rings (SSSR count). The van der Waals surface area contributed by atoms with Crippen LogP contribution in [0.2, 0.25) is 0 Å². The molecule has 0 bridgehead atoms. The molecule has 0 aliphatic rings. The van der Waals surface area contributed by atoms with Crippen molar-refractivity contribution in [1.29, 1.82) is 0 Å². The van der Waals surface area contributed by atoms with Crippen LogP contribution in [0.4, 0.5) is 4.39 Å². The lowest BCUT2D eigenvalue weighted by molar-refractivity contribution is -0.141. The van der Waals surface area contributed by atoms with Gasteiger partial charge in [0.25, 0.3) is 5.91 Å². The number of hydrogen-bond acceptors (Lipinski definition) is 7. The lowest BCUT2D eigenvalue weighted by Crippen LogP contribution is -2.35. The van der Waals surface area contributed by atoms with Crippen molar-refractivity contribution in [1.82, 2.24) is 4.90 Å². The highest BCUT2D eigenvalue weighted by atomic mass is 19.1. The molecule has 1 amide bonds. The first kappa shape index (κ1) is 23.6. The van der Waals surface area contributed by atoms with Crippen LogP contribution in [0, 0.1) is 5.82 Å². The van der Waals surface area contributed by atoms with Crippen molar-refractivity contribution in [2.24, 2.45) is 0 Å². The van der Waals surface area contributed by atoms with E-state index in [9.17, 15) is 14.0 Å². The van der Waals surface area contributed by atoms with Crippen molar-refractivity contribution < 1.29 is 37.3 Å². The standard InChI is InChI=1S/C24H24FNO7/c1-29-20-10-16(11-21(12-20)30-2)13-26(14-23(27)31-3)24(28)22-9-8-19(33-22)15-32-18-6-4-17(25)5-7-18/h4-12H,13-15H2,1-3H3. The molecule has 0 saturated heterocycles. The Balaban J connectivity index is 1.75. The number of amides is 1. The second-order valence-corrected chi connectivity index (χ2v) is 6.97. The third-order valence-corrected chi connectivity index (χ3v) is 4.69. The molecule has 0 spiro atoms. The quantitative estimate of drug-likeness (QED) is 0.428. The largest absolute Gasteiger partial charge is 0.497 e. The Hall–Kier alpha value is -4.01. The van der Waals surface area contributed by atoms with Gasteiger partial charge in [-0.1, -0.05) is 0 Å². The predicted octanol–water partition coefficient (Wildman–Crippen LogP) is 3.83. The van der Waals surface area contributed by atoms with Gasteiger partial charge in [0, 0.05) is 12.6 Å². The molecule has 0 radical (unpaired) electrons. The van der Waals surface area contributed by atoms with Gasteiger partial charge in [-0.25, -0.2) is 4.39 Å². The van der Waals surface area contributed by atoms with Gasteiger partial charge >= 0.3 is 5.97 Å². The molecule has 3 aromatic rings. The van der Waals surface area contributed by atoms with E-state index in [4.69, 9.17) is 23.4 Å². The maximum Gasteiger partial charge on any atom is 0.325 e. The summed E-state index contributed by atoms with van der Waals surface area (Å²) in [7, 11) is 4.29. The van der Waals surface area contributed by atoms with Gasteiger partial charge in [0.05, 0.1) is 21.3 Å². The van der Waals surface area contributed by atoms with E-state index in [2.05, 4.69) is 0 Å². The van der Waals surface area contributed by atoms with Gasteiger partial charge in [0.1, 0.15) is 42.0 Å². The molecule has 0 unspecified atom stereocenters. The van der Waals surface area contributed by atoms with Gasteiger partial charge in [-0.2, -0.15) is 0 Å². The zero-order valence-electron chi connectivity index (χ0n) is 18.5. The average molecular weight is 457 g/mol. The van der Waals surface area contributed by atoms with E-state index in [1.54, 1.807) is 24.3 Å². The summed E-state index contributed by atoms with van der Waals surface area (Å²) in [6, 6.07) is 13.8. The Bertz CT molecular complexity index is 1070. The number of hydrogen-bond donors (Lipinski definition) is 0. The molecule has 9 heteroatoms. The fourth-order valence-corrected chi connectivity index (χ4v) is 3.01. The lowest BCUT2D eigenvalue weighted by atomic mass is 10.1. The number of ether oxygens (including phenoxy) is 4. The van der Waals surface area contributed by atoms with Crippen LogP contribution < -0.4 is 14.2 Å². The van der Waals surface area contributed by atoms with Crippen molar-refractivity contribution in [3.8, 4) is 17.2 Å². The summed E-state index contributed by atoms with van der Waals surface area (Å²) < 4.78 is 39.5. The predicted molar refractivity (Wildman–Crippen MR) is 116 cm³/mol. The van der Waals surface area contributed by atoms with Crippen LogP contribution in [0.15, 0.2) is 59.0 Å². The number of esters is 1. The van der Waals surface area contributed by atoms with Crippen LogP contribution in [0.25, 0.3) is 0 Å². The zero-order chi connectivity index (χ0) is 23.8. The molecule has 0 N–H and O–H groups in total. The van der Waals surface area contributed by atoms with Crippen molar-refractivity contribution in [3.63, 3.8) is 0 Å². The summed E-state index contributed by atoms with van der Waals surface area (Å²) >= 11 is 0. The summed E-state index contributed by atoms with van der Waals surface area (Å²) in [5.41, 5.74) is 0.690. The summed E-state index contributed by atoms with van der Waals surface area (Å²) in [5, 5.41) is 0. The van der Waals surface area contributed by atoms with Crippen LogP contribution in [0.1, 0.15) is 21.9 Å². The third kappa shape index (κ3) is 6.49. The first-order chi connectivity index (χ1) is 15.9. The van der Waals surface area contributed by atoms with Crippen LogP contribution in [0.5, 0.6) is 17.2 Å². The second kappa shape index (κ2) is 11.0. The monoisotopic (exact) mass is 457 g/mol. The lowest BCUT2D eigenvalue weighted by Gasteiger charge is -2.21. The molecule has 2 aromatic carbocycles. The normalized spacial score (nSPS) is 10.4. The summed E-state index contributed by atoms with van der Waals surface area (Å²) in [5.74, 6) is 0.531. The fraction of sp³-hybridized carbons (Fsp3) is 0.250. The van der Waals surface area contributed by atoms with Crippen LogP contribution in [0.3, 0.4) is 0 Å². The molecule has 174 valence electrons. The number of methoxy groups -OCH3 is 3. The van der Waals surface area contributed by atoms with E-state index in [-0.39, 0.29) is 31.3 Å². The molecule has 0 saturated carbocycles. The van der Waals surface area contributed by atoms with E-state index < -0.39 is 11.9 Å². The zero-order valence-corrected chi connectivity index (χ0v) is 18.5. The highest BCUT2D eigenvalue weighted by Crippen LogP contribution is 2.24. The molecule has 8 nitrogen and oxygen atoms in total. The van der Waals surface area contributed by atoms with Crippen molar-refractivity contribution in [3.05, 3.63) is 77.5 Å². The Morgan fingerprint density at radius 3 is 2.18 bits per heavy atom.